The van der Waals surface area contributed by atoms with Crippen LogP contribution in [0.4, 0.5) is 4.79 Å². The van der Waals surface area contributed by atoms with Crippen LogP contribution in [-0.4, -0.2) is 52.8 Å². The molecule has 6 aromatic rings. The summed E-state index contributed by atoms with van der Waals surface area (Å²) in [5.74, 6) is -0.686. The summed E-state index contributed by atoms with van der Waals surface area (Å²) >= 11 is 0. The van der Waals surface area contributed by atoms with Crippen molar-refractivity contribution in [3.05, 3.63) is 144 Å². The van der Waals surface area contributed by atoms with E-state index in [1.807, 2.05) is 77.5 Å². The number of hydrogen-bond acceptors (Lipinski definition) is 5. The highest BCUT2D eigenvalue weighted by Gasteiger charge is 2.35. The number of para-hydroxylation sites is 1. The Morgan fingerprint density at radius 1 is 0.792 bits per heavy atom. The zero-order valence-corrected chi connectivity index (χ0v) is 26.3. The standard InChI is InChI=1S/C39H33N5O4/c1-48-39(47)43(36-31-11-4-2-9-29(31)30-10-3-5-12-32(30)36)24-8-23-41-38(46)27-17-15-25(16-18-27)35-33-13-6-7-14-34(33)44(42-35)28-21-19-26(20-22-28)37(40)45/h2-7,9-22,36H,8,23-24H2,1H3,(H2,40,45)(H,41,46). The summed E-state index contributed by atoms with van der Waals surface area (Å²) in [6.45, 7) is 0.786. The lowest BCUT2D eigenvalue weighted by Crippen LogP contribution is -2.37. The Labute approximate surface area is 277 Å². The average molecular weight is 636 g/mol. The third-order valence-corrected chi connectivity index (χ3v) is 8.79. The molecule has 0 saturated carbocycles. The molecule has 0 spiro atoms. The summed E-state index contributed by atoms with van der Waals surface area (Å²) in [6, 6.07) is 38.2. The van der Waals surface area contributed by atoms with Crippen LogP contribution in [0.25, 0.3) is 39.0 Å². The van der Waals surface area contributed by atoms with E-state index in [9.17, 15) is 14.4 Å². The fraction of sp³-hybridized carbons (Fsp3) is 0.128. The molecular formula is C39H33N5O4. The van der Waals surface area contributed by atoms with Gasteiger partial charge in [0.25, 0.3) is 5.91 Å². The summed E-state index contributed by atoms with van der Waals surface area (Å²) in [5.41, 5.74) is 14.1. The van der Waals surface area contributed by atoms with E-state index in [0.29, 0.717) is 30.6 Å². The fourth-order valence-electron chi connectivity index (χ4n) is 6.48. The lowest BCUT2D eigenvalue weighted by atomic mass is 10.0. The van der Waals surface area contributed by atoms with Crippen LogP contribution in [0.15, 0.2) is 121 Å². The largest absolute Gasteiger partial charge is 0.453 e. The number of carbonyl (C=O) groups excluding carboxylic acids is 3. The van der Waals surface area contributed by atoms with E-state index >= 15 is 0 Å². The van der Waals surface area contributed by atoms with E-state index in [1.54, 1.807) is 29.2 Å². The smallest absolute Gasteiger partial charge is 0.410 e. The van der Waals surface area contributed by atoms with Crippen LogP contribution >= 0.6 is 0 Å². The molecule has 0 unspecified atom stereocenters. The number of benzene rings is 5. The number of fused-ring (bicyclic) bond motifs is 4. The molecule has 1 aliphatic rings. The Morgan fingerprint density at radius 2 is 1.40 bits per heavy atom. The Kier molecular flexibility index (Phi) is 8.17. The van der Waals surface area contributed by atoms with E-state index in [2.05, 4.69) is 29.6 Å². The highest BCUT2D eigenvalue weighted by atomic mass is 16.5. The number of nitrogens with one attached hydrogen (secondary N) is 1. The van der Waals surface area contributed by atoms with Gasteiger partial charge in [-0.25, -0.2) is 9.48 Å². The molecule has 0 aliphatic heterocycles. The molecule has 3 amide bonds. The topological polar surface area (TPSA) is 120 Å². The third kappa shape index (κ3) is 5.55. The maximum Gasteiger partial charge on any atom is 0.410 e. The van der Waals surface area contributed by atoms with Gasteiger partial charge in [-0.1, -0.05) is 78.9 Å². The number of nitrogens with two attached hydrogens (primary N) is 1. The van der Waals surface area contributed by atoms with E-state index in [-0.39, 0.29) is 11.9 Å². The van der Waals surface area contributed by atoms with Gasteiger partial charge in [-0.05, 0) is 71.1 Å². The number of primary amides is 1. The number of ether oxygens (including phenoxy) is 1. The van der Waals surface area contributed by atoms with Crippen LogP contribution in [-0.2, 0) is 4.74 Å². The molecule has 9 nitrogen and oxygen atoms in total. The molecule has 0 saturated heterocycles. The van der Waals surface area contributed by atoms with Crippen LogP contribution in [0.1, 0.15) is 44.3 Å². The van der Waals surface area contributed by atoms with Crippen LogP contribution in [0.5, 0.6) is 0 Å². The molecule has 1 aliphatic carbocycles. The van der Waals surface area contributed by atoms with Gasteiger partial charge >= 0.3 is 6.09 Å². The van der Waals surface area contributed by atoms with Gasteiger partial charge in [0.1, 0.15) is 5.69 Å². The summed E-state index contributed by atoms with van der Waals surface area (Å²) in [6.07, 6.45) is 0.134. The predicted octanol–water partition coefficient (Wildman–Crippen LogP) is 6.75. The predicted molar refractivity (Wildman–Crippen MR) is 185 cm³/mol. The van der Waals surface area contributed by atoms with Crippen molar-refractivity contribution in [3.63, 3.8) is 0 Å². The molecule has 48 heavy (non-hydrogen) atoms. The number of carbonyl (C=O) groups is 3. The van der Waals surface area contributed by atoms with E-state index in [1.165, 1.54) is 7.11 Å². The van der Waals surface area contributed by atoms with Crippen LogP contribution < -0.4 is 11.1 Å². The first kappa shape index (κ1) is 30.4. The van der Waals surface area contributed by atoms with Crippen molar-refractivity contribution >= 4 is 28.8 Å². The first-order valence-electron chi connectivity index (χ1n) is 15.7. The number of nitrogens with zero attached hydrogens (tertiary/aromatic N) is 3. The molecule has 0 radical (unpaired) electrons. The maximum atomic E-state index is 13.1. The lowest BCUT2D eigenvalue weighted by Gasteiger charge is -2.29. The second kappa shape index (κ2) is 12.9. The average Bonchev–Trinajstić information content (AvgIpc) is 3.68. The zero-order chi connectivity index (χ0) is 33.2. The first-order valence-corrected chi connectivity index (χ1v) is 15.7. The Balaban J connectivity index is 1.04. The van der Waals surface area contributed by atoms with Gasteiger partial charge in [-0.3, -0.25) is 14.5 Å². The first-order chi connectivity index (χ1) is 23.4. The minimum absolute atomic E-state index is 0.201. The summed E-state index contributed by atoms with van der Waals surface area (Å²) in [5, 5.41) is 8.85. The molecular weight excluding hydrogens is 602 g/mol. The van der Waals surface area contributed by atoms with Gasteiger partial charge in [0.05, 0.1) is 24.4 Å². The molecule has 1 heterocycles. The second-order valence-corrected chi connectivity index (χ2v) is 11.6. The minimum Gasteiger partial charge on any atom is -0.453 e. The van der Waals surface area contributed by atoms with Gasteiger partial charge in [0.15, 0.2) is 0 Å². The summed E-state index contributed by atoms with van der Waals surface area (Å²) < 4.78 is 7.02. The molecule has 3 N–H and O–H groups in total. The number of rotatable bonds is 9. The van der Waals surface area contributed by atoms with Gasteiger partial charge in [-0.2, -0.15) is 5.10 Å². The monoisotopic (exact) mass is 635 g/mol. The van der Waals surface area contributed by atoms with Crippen molar-refractivity contribution in [2.75, 3.05) is 20.2 Å². The molecule has 0 bridgehead atoms. The van der Waals surface area contributed by atoms with Gasteiger partial charge < -0.3 is 15.8 Å². The van der Waals surface area contributed by atoms with Gasteiger partial charge in [-0.15, -0.1) is 0 Å². The number of amides is 3. The number of methoxy groups -OCH3 is 1. The fourth-order valence-corrected chi connectivity index (χ4v) is 6.48. The summed E-state index contributed by atoms with van der Waals surface area (Å²) in [4.78, 5) is 39.4. The van der Waals surface area contributed by atoms with Crippen molar-refractivity contribution in [1.29, 1.82) is 0 Å². The molecule has 9 heteroatoms. The molecule has 1 aromatic heterocycles. The van der Waals surface area contributed by atoms with E-state index < -0.39 is 12.0 Å². The Hall–Kier alpha value is -6.22. The van der Waals surface area contributed by atoms with Crippen molar-refractivity contribution in [2.45, 2.75) is 12.5 Å². The van der Waals surface area contributed by atoms with Crippen molar-refractivity contribution < 1.29 is 19.1 Å². The van der Waals surface area contributed by atoms with Crippen LogP contribution in [0.2, 0.25) is 0 Å². The molecule has 7 rings (SSSR count). The maximum absolute atomic E-state index is 13.1. The SMILES string of the molecule is COC(=O)N(CCCNC(=O)c1ccc(-c2nn(-c3ccc(C(N)=O)cc3)c3ccccc23)cc1)C1c2ccccc2-c2ccccc21. The quantitative estimate of drug-likeness (QED) is 0.170. The van der Waals surface area contributed by atoms with E-state index in [0.717, 1.165) is 50.1 Å². The Bertz CT molecular complexity index is 2110. The minimum atomic E-state index is -0.485. The number of aromatic nitrogens is 2. The highest BCUT2D eigenvalue weighted by molar-refractivity contribution is 5.97. The summed E-state index contributed by atoms with van der Waals surface area (Å²) in [7, 11) is 1.39. The van der Waals surface area contributed by atoms with Crippen LogP contribution in [0.3, 0.4) is 0 Å². The van der Waals surface area contributed by atoms with E-state index in [4.69, 9.17) is 15.6 Å². The van der Waals surface area contributed by atoms with Crippen molar-refractivity contribution in [3.8, 4) is 28.1 Å². The molecule has 0 fully saturated rings. The normalized spacial score (nSPS) is 11.9. The second-order valence-electron chi connectivity index (χ2n) is 11.6. The lowest BCUT2D eigenvalue weighted by molar-refractivity contribution is 0.0947. The molecule has 238 valence electrons. The third-order valence-electron chi connectivity index (χ3n) is 8.79. The van der Waals surface area contributed by atoms with Crippen LogP contribution in [0, 0.1) is 0 Å². The van der Waals surface area contributed by atoms with Crippen molar-refractivity contribution in [2.24, 2.45) is 5.73 Å². The molecule has 5 aromatic carbocycles. The molecule has 0 atom stereocenters. The zero-order valence-electron chi connectivity index (χ0n) is 26.3. The van der Waals surface area contributed by atoms with Gasteiger partial charge in [0.2, 0.25) is 5.91 Å². The van der Waals surface area contributed by atoms with Gasteiger partial charge in [0, 0.05) is 35.2 Å². The highest BCUT2D eigenvalue weighted by Crippen LogP contribution is 2.46. The van der Waals surface area contributed by atoms with Crippen molar-refractivity contribution in [1.82, 2.24) is 20.0 Å². The Morgan fingerprint density at radius 3 is 2.04 bits per heavy atom. The number of hydrogen-bond donors (Lipinski definition) is 2.